The molecule has 4 heteroatoms. The van der Waals surface area contributed by atoms with E-state index in [2.05, 4.69) is 6.92 Å². The molecule has 0 aliphatic carbocycles. The van der Waals surface area contributed by atoms with Crippen molar-refractivity contribution in [3.63, 3.8) is 0 Å². The van der Waals surface area contributed by atoms with E-state index in [1.54, 1.807) is 12.1 Å². The summed E-state index contributed by atoms with van der Waals surface area (Å²) in [7, 11) is 0. The molecule has 0 N–H and O–H groups in total. The predicted octanol–water partition coefficient (Wildman–Crippen LogP) is 1.42. The van der Waals surface area contributed by atoms with E-state index in [-0.39, 0.29) is 0 Å². The molecule has 1 aromatic carbocycles. The van der Waals surface area contributed by atoms with Crippen molar-refractivity contribution in [2.45, 2.75) is 22.7 Å². The van der Waals surface area contributed by atoms with Gasteiger partial charge in [0.25, 0.3) is 0 Å². The molecule has 0 saturated carbocycles. The second-order valence-corrected chi connectivity index (χ2v) is 5.35. The summed E-state index contributed by atoms with van der Waals surface area (Å²) in [4.78, 5) is 0.362. The van der Waals surface area contributed by atoms with Crippen LogP contribution in [-0.2, 0) is 17.5 Å². The van der Waals surface area contributed by atoms with Crippen LogP contribution in [0.15, 0.2) is 29.2 Å². The van der Waals surface area contributed by atoms with Crippen LogP contribution in [0.5, 0.6) is 0 Å². The first kappa shape index (κ1) is 12.2. The van der Waals surface area contributed by atoms with Crippen molar-refractivity contribution in [2.75, 3.05) is 0 Å². The average Bonchev–Trinajstić information content (AvgIpc) is 2.18. The Morgan fingerprint density at radius 1 is 1.43 bits per heavy atom. The molecule has 0 heterocycles. The first-order valence-electron chi connectivity index (χ1n) is 4.42. The summed E-state index contributed by atoms with van der Waals surface area (Å²) in [5, 5.41) is 0. The Kier molecular flexibility index (Phi) is 5.11. The molecule has 2 nitrogen and oxygen atoms in total. The van der Waals surface area contributed by atoms with Crippen molar-refractivity contribution in [3.05, 3.63) is 29.8 Å². The van der Waals surface area contributed by atoms with Crippen LogP contribution >= 0.6 is 0 Å². The second-order valence-electron chi connectivity index (χ2n) is 3.37. The Balaban J connectivity index is 2.68. The van der Waals surface area contributed by atoms with Gasteiger partial charge in [-0.25, -0.2) is 0 Å². The van der Waals surface area contributed by atoms with Crippen LogP contribution in [0.2, 0.25) is 4.47 Å². The van der Waals surface area contributed by atoms with Crippen LogP contribution in [-0.4, -0.2) is 31.1 Å². The monoisotopic (exact) mass is 327 g/mol. The van der Waals surface area contributed by atoms with Gasteiger partial charge < -0.3 is 0 Å². The minimum absolute atomic E-state index is 0.362. The molecular weight excluding hydrogens is 312 g/mol. The van der Waals surface area contributed by atoms with Gasteiger partial charge in [0.15, 0.2) is 0 Å². The van der Waals surface area contributed by atoms with E-state index < -0.39 is 11.1 Å². The zero-order chi connectivity index (χ0) is 10.6. The molecular formula is C10H13O2STe-. The summed E-state index contributed by atoms with van der Waals surface area (Å²) in [6.45, 7) is 2.21. The molecule has 1 aromatic rings. The van der Waals surface area contributed by atoms with Crippen LogP contribution in [0, 0.1) is 5.92 Å². The van der Waals surface area contributed by atoms with Crippen molar-refractivity contribution in [2.24, 2.45) is 5.92 Å². The Morgan fingerprint density at radius 3 is 2.43 bits per heavy atom. The molecule has 2 unspecified atom stereocenters. The normalized spacial score (nSPS) is 15.1. The maximum atomic E-state index is 10.6. The van der Waals surface area contributed by atoms with E-state index in [0.717, 1.165) is 6.42 Å². The summed E-state index contributed by atoms with van der Waals surface area (Å²) in [5.41, 5.74) is 1.21. The summed E-state index contributed by atoms with van der Waals surface area (Å²) >= 11 is -0.275. The topological polar surface area (TPSA) is 40.1 Å². The third-order valence-electron chi connectivity index (χ3n) is 2.01. The van der Waals surface area contributed by atoms with E-state index in [4.69, 9.17) is 0 Å². The third kappa shape index (κ3) is 3.70. The van der Waals surface area contributed by atoms with Crippen molar-refractivity contribution in [3.8, 4) is 0 Å². The van der Waals surface area contributed by atoms with Gasteiger partial charge >= 0.3 is 101 Å². The molecule has 0 aromatic heterocycles. The van der Waals surface area contributed by atoms with Crippen molar-refractivity contribution >= 4 is 33.4 Å². The van der Waals surface area contributed by atoms with Crippen LogP contribution in [0.4, 0.5) is 0 Å². The quantitative estimate of drug-likeness (QED) is 0.621. The molecule has 78 valence electrons. The summed E-state index contributed by atoms with van der Waals surface area (Å²) in [6, 6.07) is 7.10. The van der Waals surface area contributed by atoms with Gasteiger partial charge in [0.2, 0.25) is 0 Å². The minimum atomic E-state index is -2.10. The summed E-state index contributed by atoms with van der Waals surface area (Å²) in [6.07, 6.45) is 1.03. The van der Waals surface area contributed by atoms with Gasteiger partial charge in [0.05, 0.1) is 0 Å². The van der Waals surface area contributed by atoms with Crippen molar-refractivity contribution in [1.82, 2.24) is 0 Å². The number of rotatable bonds is 4. The number of hydrogen-bond acceptors (Lipinski definition) is 2. The Morgan fingerprint density at radius 2 is 2.00 bits per heavy atom. The second kappa shape index (κ2) is 5.87. The molecule has 2 atom stereocenters. The fourth-order valence-electron chi connectivity index (χ4n) is 1.20. The molecule has 14 heavy (non-hydrogen) atoms. The van der Waals surface area contributed by atoms with Gasteiger partial charge in [-0.05, 0) is 0 Å². The molecule has 0 aliphatic heterocycles. The first-order valence-corrected chi connectivity index (χ1v) is 7.30. The molecule has 0 aliphatic rings. The van der Waals surface area contributed by atoms with Crippen LogP contribution in [0.25, 0.3) is 0 Å². The van der Waals surface area contributed by atoms with Crippen molar-refractivity contribution in [1.29, 1.82) is 0 Å². The zero-order valence-electron chi connectivity index (χ0n) is 7.97. The number of benzene rings is 1. The predicted molar refractivity (Wildman–Crippen MR) is 58.5 cm³/mol. The van der Waals surface area contributed by atoms with E-state index in [1.165, 1.54) is 10.0 Å². The Labute approximate surface area is 100 Å². The van der Waals surface area contributed by atoms with E-state index in [9.17, 15) is 8.76 Å². The van der Waals surface area contributed by atoms with Crippen LogP contribution in [0.3, 0.4) is 0 Å². The SMILES string of the molecule is CC(C[TeH])Cc1ccc(S(=O)[O-])cc1. The van der Waals surface area contributed by atoms with Crippen molar-refractivity contribution < 1.29 is 8.76 Å². The van der Waals surface area contributed by atoms with Gasteiger partial charge in [0.1, 0.15) is 0 Å². The summed E-state index contributed by atoms with van der Waals surface area (Å²) in [5.74, 6) is 0.674. The number of hydrogen-bond donors (Lipinski definition) is 0. The molecule has 0 radical (unpaired) electrons. The molecule has 1 rings (SSSR count). The fraction of sp³-hybridized carbons (Fsp3) is 0.400. The maximum absolute atomic E-state index is 10.6. The molecule has 0 saturated heterocycles. The van der Waals surface area contributed by atoms with Gasteiger partial charge in [-0.1, -0.05) is 0 Å². The van der Waals surface area contributed by atoms with E-state index in [1.807, 2.05) is 34.4 Å². The van der Waals surface area contributed by atoms with Crippen LogP contribution < -0.4 is 0 Å². The first-order chi connectivity index (χ1) is 6.63. The Bertz CT molecular complexity index is 310. The van der Waals surface area contributed by atoms with Crippen LogP contribution in [0.1, 0.15) is 12.5 Å². The van der Waals surface area contributed by atoms with Gasteiger partial charge in [-0.3, -0.25) is 0 Å². The third-order valence-corrected chi connectivity index (χ3v) is 4.45. The van der Waals surface area contributed by atoms with E-state index in [0.29, 0.717) is 10.8 Å². The zero-order valence-corrected chi connectivity index (χ0v) is 11.3. The van der Waals surface area contributed by atoms with Gasteiger partial charge in [0, 0.05) is 0 Å². The van der Waals surface area contributed by atoms with E-state index >= 15 is 0 Å². The average molecular weight is 325 g/mol. The Hall–Kier alpha value is 0.120. The molecule has 0 amide bonds. The van der Waals surface area contributed by atoms with Gasteiger partial charge in [-0.2, -0.15) is 0 Å². The summed E-state index contributed by atoms with van der Waals surface area (Å²) < 4.78 is 22.4. The molecule has 0 fully saturated rings. The van der Waals surface area contributed by atoms with Gasteiger partial charge in [-0.15, -0.1) is 0 Å². The fourth-order valence-corrected chi connectivity index (χ4v) is 1.93. The molecule has 0 spiro atoms. The molecule has 0 bridgehead atoms. The standard InChI is InChI=1S/C10H14O2STe/c1-8(7-14)6-9-2-4-10(5-3-9)13(11)12/h2-5,8,14H,6-7H2,1H3,(H,11,12)/p-1.